The number of carbonyl (C=O) groups excluding carboxylic acids is 1. The van der Waals surface area contributed by atoms with E-state index in [4.69, 9.17) is 21.1 Å². The van der Waals surface area contributed by atoms with Gasteiger partial charge in [0.15, 0.2) is 11.5 Å². The molecule has 3 aliphatic heterocycles. The van der Waals surface area contributed by atoms with Crippen LogP contribution >= 0.6 is 11.6 Å². The molecule has 0 N–H and O–H groups in total. The summed E-state index contributed by atoms with van der Waals surface area (Å²) < 4.78 is 52.0. The molecule has 0 aliphatic carbocycles. The minimum atomic E-state index is -3.74. The third kappa shape index (κ3) is 5.46. The van der Waals surface area contributed by atoms with Crippen molar-refractivity contribution < 1.29 is 27.1 Å². The van der Waals surface area contributed by atoms with E-state index in [0.717, 1.165) is 36.7 Å². The molecule has 0 saturated carbocycles. The second-order valence-corrected chi connectivity index (χ2v) is 11.8. The summed E-state index contributed by atoms with van der Waals surface area (Å²) in [6, 6.07) is 10.1. The van der Waals surface area contributed by atoms with Gasteiger partial charge in [-0.25, -0.2) is 17.1 Å². The molecule has 194 valence electrons. The van der Waals surface area contributed by atoms with Gasteiger partial charge in [0.1, 0.15) is 5.82 Å². The molecule has 0 radical (unpaired) electrons. The second-order valence-electron chi connectivity index (χ2n) is 9.42. The van der Waals surface area contributed by atoms with Crippen LogP contribution in [-0.4, -0.2) is 74.5 Å². The molecule has 0 unspecified atom stereocenters. The lowest BCUT2D eigenvalue weighted by molar-refractivity contribution is -0.138. The maximum atomic E-state index is 14.1. The fraction of sp³-hybridized carbons (Fsp3) is 0.480. The van der Waals surface area contributed by atoms with Gasteiger partial charge < -0.3 is 14.4 Å². The van der Waals surface area contributed by atoms with Crippen LogP contribution in [0.3, 0.4) is 0 Å². The molecule has 5 rings (SSSR count). The van der Waals surface area contributed by atoms with Crippen molar-refractivity contribution in [3.05, 3.63) is 58.4 Å². The predicted molar refractivity (Wildman–Crippen MR) is 133 cm³/mol. The number of fused-ring (bicyclic) bond motifs is 1. The van der Waals surface area contributed by atoms with E-state index >= 15 is 0 Å². The van der Waals surface area contributed by atoms with Gasteiger partial charge in [-0.05, 0) is 42.7 Å². The van der Waals surface area contributed by atoms with Gasteiger partial charge in [-0.15, -0.1) is 0 Å². The van der Waals surface area contributed by atoms with Gasteiger partial charge in [-0.1, -0.05) is 23.7 Å². The maximum absolute atomic E-state index is 14.1. The molecule has 11 heteroatoms. The Labute approximate surface area is 215 Å². The Hall–Kier alpha value is -2.40. The SMILES string of the molecule is O=C(C1CCN(S(=O)(=O)Cc2c(F)cccc2Cl)CC1)N1CCN(Cc2ccc3c(c2)OCO3)CC1. The minimum absolute atomic E-state index is 0.0176. The van der Waals surface area contributed by atoms with Crippen molar-refractivity contribution in [3.63, 3.8) is 0 Å². The molecule has 2 fully saturated rings. The zero-order chi connectivity index (χ0) is 25.3. The third-order valence-electron chi connectivity index (χ3n) is 7.11. The normalized spacial score (nSPS) is 19.6. The first-order valence-corrected chi connectivity index (χ1v) is 14.1. The van der Waals surface area contributed by atoms with Gasteiger partial charge in [0.25, 0.3) is 0 Å². The largest absolute Gasteiger partial charge is 0.454 e. The average Bonchev–Trinajstić information content (AvgIpc) is 3.35. The van der Waals surface area contributed by atoms with Crippen molar-refractivity contribution >= 4 is 27.5 Å². The molecule has 3 aliphatic rings. The van der Waals surface area contributed by atoms with E-state index in [1.54, 1.807) is 0 Å². The van der Waals surface area contributed by atoms with E-state index < -0.39 is 21.6 Å². The first-order valence-electron chi connectivity index (χ1n) is 12.1. The van der Waals surface area contributed by atoms with Gasteiger partial charge in [-0.3, -0.25) is 9.69 Å². The predicted octanol–water partition coefficient (Wildman–Crippen LogP) is 3.09. The molecule has 0 spiro atoms. The Balaban J connectivity index is 1.10. The number of amides is 1. The lowest BCUT2D eigenvalue weighted by Gasteiger charge is -2.38. The van der Waals surface area contributed by atoms with Crippen LogP contribution in [-0.2, 0) is 27.1 Å². The first kappa shape index (κ1) is 25.3. The zero-order valence-electron chi connectivity index (χ0n) is 19.9. The number of ether oxygens (including phenoxy) is 2. The van der Waals surface area contributed by atoms with Crippen molar-refractivity contribution in [1.29, 1.82) is 0 Å². The molecule has 8 nitrogen and oxygen atoms in total. The number of hydrogen-bond donors (Lipinski definition) is 0. The van der Waals surface area contributed by atoms with Gasteiger partial charge in [0.2, 0.25) is 22.7 Å². The van der Waals surface area contributed by atoms with Gasteiger partial charge >= 0.3 is 0 Å². The molecule has 1 amide bonds. The second kappa shape index (κ2) is 10.5. The fourth-order valence-electron chi connectivity index (χ4n) is 5.01. The highest BCUT2D eigenvalue weighted by molar-refractivity contribution is 7.88. The van der Waals surface area contributed by atoms with Gasteiger partial charge in [0, 0.05) is 62.3 Å². The molecule has 2 saturated heterocycles. The van der Waals surface area contributed by atoms with Crippen LogP contribution in [0.25, 0.3) is 0 Å². The summed E-state index contributed by atoms with van der Waals surface area (Å²) in [5.74, 6) is 0.313. The van der Waals surface area contributed by atoms with Crippen LogP contribution in [0.15, 0.2) is 36.4 Å². The number of nitrogens with zero attached hydrogens (tertiary/aromatic N) is 3. The van der Waals surface area contributed by atoms with Crippen LogP contribution in [0.2, 0.25) is 5.02 Å². The number of hydrogen-bond acceptors (Lipinski definition) is 6. The maximum Gasteiger partial charge on any atom is 0.231 e. The molecule has 3 heterocycles. The van der Waals surface area contributed by atoms with Crippen LogP contribution in [0, 0.1) is 11.7 Å². The average molecular weight is 538 g/mol. The Kier molecular flexibility index (Phi) is 7.39. The number of halogens is 2. The van der Waals surface area contributed by atoms with E-state index in [1.807, 2.05) is 23.1 Å². The zero-order valence-corrected chi connectivity index (χ0v) is 21.4. The van der Waals surface area contributed by atoms with Crippen LogP contribution in [0.1, 0.15) is 24.0 Å². The van der Waals surface area contributed by atoms with E-state index in [2.05, 4.69) is 4.90 Å². The number of piperazine rings is 1. The molecular weight excluding hydrogens is 509 g/mol. The summed E-state index contributed by atoms with van der Waals surface area (Å²) >= 11 is 6.02. The van der Waals surface area contributed by atoms with Crippen molar-refractivity contribution in [2.24, 2.45) is 5.92 Å². The summed E-state index contributed by atoms with van der Waals surface area (Å²) in [6.45, 7) is 4.37. The Bertz CT molecular complexity index is 1210. The van der Waals surface area contributed by atoms with E-state index in [9.17, 15) is 17.6 Å². The quantitative estimate of drug-likeness (QED) is 0.563. The molecule has 36 heavy (non-hydrogen) atoms. The highest BCUT2D eigenvalue weighted by Gasteiger charge is 2.34. The Morgan fingerprint density at radius 1 is 1.00 bits per heavy atom. The van der Waals surface area contributed by atoms with Crippen molar-refractivity contribution in [2.45, 2.75) is 25.1 Å². The van der Waals surface area contributed by atoms with Gasteiger partial charge in [0.05, 0.1) is 5.75 Å². The number of piperidine rings is 1. The van der Waals surface area contributed by atoms with Crippen LogP contribution in [0.4, 0.5) is 4.39 Å². The molecule has 2 aromatic carbocycles. The Morgan fingerprint density at radius 3 is 2.44 bits per heavy atom. The topological polar surface area (TPSA) is 79.4 Å². The van der Waals surface area contributed by atoms with Crippen LogP contribution in [0.5, 0.6) is 11.5 Å². The number of benzene rings is 2. The fourth-order valence-corrected chi connectivity index (χ4v) is 6.92. The lowest BCUT2D eigenvalue weighted by atomic mass is 9.96. The molecule has 0 bridgehead atoms. The first-order chi connectivity index (χ1) is 17.3. The summed E-state index contributed by atoms with van der Waals surface area (Å²) in [4.78, 5) is 17.3. The van der Waals surface area contributed by atoms with Crippen LogP contribution < -0.4 is 9.47 Å². The Morgan fingerprint density at radius 2 is 1.72 bits per heavy atom. The molecular formula is C25H29ClFN3O5S. The summed E-state index contributed by atoms with van der Waals surface area (Å²) in [5.41, 5.74) is 1.13. The highest BCUT2D eigenvalue weighted by Crippen LogP contribution is 2.33. The summed E-state index contributed by atoms with van der Waals surface area (Å²) in [5, 5.41) is 0.0984. The lowest BCUT2D eigenvalue weighted by Crippen LogP contribution is -2.51. The van der Waals surface area contributed by atoms with Crippen molar-refractivity contribution in [1.82, 2.24) is 14.1 Å². The highest BCUT2D eigenvalue weighted by atomic mass is 35.5. The molecule has 2 aromatic rings. The minimum Gasteiger partial charge on any atom is -0.454 e. The van der Waals surface area contributed by atoms with E-state index in [1.165, 1.54) is 22.5 Å². The molecule has 0 aromatic heterocycles. The van der Waals surface area contributed by atoms with Gasteiger partial charge in [-0.2, -0.15) is 0 Å². The number of carbonyl (C=O) groups is 1. The monoisotopic (exact) mass is 537 g/mol. The summed E-state index contributed by atoms with van der Waals surface area (Å²) in [7, 11) is -3.74. The van der Waals surface area contributed by atoms with E-state index in [-0.39, 0.29) is 42.3 Å². The standard InChI is InChI=1S/C25H29ClFN3O5S/c26-21-2-1-3-22(27)20(21)16-36(32,33)30-8-6-19(7-9-30)25(31)29-12-10-28(11-13-29)15-18-4-5-23-24(14-18)35-17-34-23/h1-5,14,19H,6-13,15-17H2. The van der Waals surface area contributed by atoms with Crippen molar-refractivity contribution in [2.75, 3.05) is 46.1 Å². The smallest absolute Gasteiger partial charge is 0.231 e. The molecule has 0 atom stereocenters. The summed E-state index contributed by atoms with van der Waals surface area (Å²) in [6.07, 6.45) is 0.918. The van der Waals surface area contributed by atoms with Crippen molar-refractivity contribution in [3.8, 4) is 11.5 Å². The van der Waals surface area contributed by atoms with E-state index in [0.29, 0.717) is 25.9 Å². The third-order valence-corrected chi connectivity index (χ3v) is 9.27. The number of rotatable bonds is 6. The number of sulfonamides is 1.